The summed E-state index contributed by atoms with van der Waals surface area (Å²) in [5.74, 6) is -1.95. The van der Waals surface area contributed by atoms with Crippen molar-refractivity contribution in [3.05, 3.63) is 11.6 Å². The summed E-state index contributed by atoms with van der Waals surface area (Å²) in [4.78, 5) is 35.3. The Bertz CT molecular complexity index is 901. The molecule has 0 aliphatic heterocycles. The maximum Gasteiger partial charge on any atom is 0.303 e. The van der Waals surface area contributed by atoms with Crippen LogP contribution in [0.25, 0.3) is 0 Å². The second kappa shape index (κ2) is 7.87. The van der Waals surface area contributed by atoms with Crippen molar-refractivity contribution in [3.8, 4) is 0 Å². The van der Waals surface area contributed by atoms with Gasteiger partial charge in [-0.05, 0) is 50.5 Å². The first-order valence-electron chi connectivity index (χ1n) is 11.9. The third-order valence-corrected chi connectivity index (χ3v) is 9.54. The summed E-state index contributed by atoms with van der Waals surface area (Å²) in [6, 6.07) is 0. The number of esters is 2. The van der Waals surface area contributed by atoms with Crippen LogP contribution < -0.4 is 0 Å². The van der Waals surface area contributed by atoms with Crippen LogP contribution in [-0.4, -0.2) is 58.0 Å². The Hall–Kier alpha value is -1.80. The van der Waals surface area contributed by atoms with Crippen LogP contribution in [0.1, 0.15) is 72.6 Å². The maximum atomic E-state index is 17.1. The Balaban J connectivity index is 1.72. The number of hydrogen-bond acceptors (Lipinski definition) is 7. The van der Waals surface area contributed by atoms with E-state index in [1.807, 2.05) is 13.8 Å². The Morgan fingerprint density at radius 1 is 1.15 bits per heavy atom. The number of carbonyl (C=O) groups is 3. The van der Waals surface area contributed by atoms with Gasteiger partial charge in [-0.1, -0.05) is 19.4 Å². The monoisotopic (exact) mass is 466 g/mol. The summed E-state index contributed by atoms with van der Waals surface area (Å²) in [5.41, 5.74) is -4.60. The summed E-state index contributed by atoms with van der Waals surface area (Å²) in [6.45, 7) is 5.81. The van der Waals surface area contributed by atoms with Crippen molar-refractivity contribution in [2.24, 2.45) is 22.7 Å². The average molecular weight is 467 g/mol. The fraction of sp³-hybridized carbons (Fsp3) is 0.800. The van der Waals surface area contributed by atoms with Gasteiger partial charge in [-0.25, -0.2) is 4.39 Å². The first kappa shape index (κ1) is 24.3. The molecule has 4 aliphatic carbocycles. The molecule has 0 bridgehead atoms. The number of aliphatic hydroxyl groups is 2. The highest BCUT2D eigenvalue weighted by Crippen LogP contribution is 2.70. The minimum absolute atomic E-state index is 0.00426. The van der Waals surface area contributed by atoms with Gasteiger partial charge in [0.25, 0.3) is 0 Å². The minimum atomic E-state index is -1.92. The molecule has 7 nitrogen and oxygen atoms in total. The predicted octanol–water partition coefficient (Wildman–Crippen LogP) is 2.81. The van der Waals surface area contributed by atoms with E-state index in [9.17, 15) is 24.6 Å². The second-order valence-electron chi connectivity index (χ2n) is 11.0. The van der Waals surface area contributed by atoms with E-state index in [0.717, 1.165) is 5.57 Å². The second-order valence-corrected chi connectivity index (χ2v) is 11.0. The molecule has 0 aromatic carbocycles. The molecule has 8 heteroatoms. The van der Waals surface area contributed by atoms with Crippen LogP contribution in [0.4, 0.5) is 4.39 Å². The summed E-state index contributed by atoms with van der Waals surface area (Å²) < 4.78 is 27.7. The fourth-order valence-electron chi connectivity index (χ4n) is 7.80. The van der Waals surface area contributed by atoms with E-state index in [0.29, 0.717) is 25.7 Å². The average Bonchev–Trinajstić information content (AvgIpc) is 2.98. The smallest absolute Gasteiger partial charge is 0.303 e. The molecule has 33 heavy (non-hydrogen) atoms. The summed E-state index contributed by atoms with van der Waals surface area (Å²) in [6.07, 6.45) is 1.49. The van der Waals surface area contributed by atoms with Crippen LogP contribution in [-0.2, 0) is 23.9 Å². The topological polar surface area (TPSA) is 110 Å². The molecule has 4 rings (SSSR count). The zero-order valence-corrected chi connectivity index (χ0v) is 19.9. The molecule has 4 aliphatic rings. The minimum Gasteiger partial charge on any atom is -0.462 e. The molecule has 184 valence electrons. The number of aliphatic hydroxyl groups excluding tert-OH is 1. The summed E-state index contributed by atoms with van der Waals surface area (Å²) in [5, 5.41) is 23.3. The van der Waals surface area contributed by atoms with Gasteiger partial charge < -0.3 is 19.7 Å². The van der Waals surface area contributed by atoms with Crippen LogP contribution in [0.5, 0.6) is 0 Å². The third-order valence-electron chi connectivity index (χ3n) is 9.54. The SMILES string of the molecule is CC(=O)OCC(OC(C)=O)[C@@]1(O)CC[C@H]2[C@@H]3CCC4=CC(=O)CC[C@]4(C)[C@@]3(F)[C@@H](O)C[C@@]21C. The molecule has 3 fully saturated rings. The van der Waals surface area contributed by atoms with E-state index < -0.39 is 52.2 Å². The van der Waals surface area contributed by atoms with Gasteiger partial charge in [-0.15, -0.1) is 0 Å². The third kappa shape index (κ3) is 3.31. The van der Waals surface area contributed by atoms with Gasteiger partial charge in [0, 0.05) is 37.0 Å². The fourth-order valence-corrected chi connectivity index (χ4v) is 7.80. The molecule has 0 aromatic rings. The quantitative estimate of drug-likeness (QED) is 0.613. The van der Waals surface area contributed by atoms with Crippen molar-refractivity contribution in [2.75, 3.05) is 6.61 Å². The summed E-state index contributed by atoms with van der Waals surface area (Å²) >= 11 is 0. The normalized spacial score (nSPS) is 45.2. The Morgan fingerprint density at radius 3 is 2.48 bits per heavy atom. The number of ether oxygens (including phenoxy) is 2. The Labute approximate surface area is 193 Å². The maximum absolute atomic E-state index is 17.1. The lowest BCUT2D eigenvalue weighted by Crippen LogP contribution is -2.70. The van der Waals surface area contributed by atoms with Gasteiger partial charge in [-0.2, -0.15) is 0 Å². The van der Waals surface area contributed by atoms with E-state index in [-0.39, 0.29) is 37.6 Å². The molecule has 3 saturated carbocycles. The lowest BCUT2D eigenvalue weighted by Gasteiger charge is -2.64. The van der Waals surface area contributed by atoms with Gasteiger partial charge in [-0.3, -0.25) is 14.4 Å². The van der Waals surface area contributed by atoms with E-state index >= 15 is 4.39 Å². The highest BCUT2D eigenvalue weighted by atomic mass is 19.1. The number of alkyl halides is 1. The lowest BCUT2D eigenvalue weighted by molar-refractivity contribution is -0.248. The lowest BCUT2D eigenvalue weighted by atomic mass is 9.43. The highest BCUT2D eigenvalue weighted by molar-refractivity contribution is 5.91. The number of hydrogen-bond donors (Lipinski definition) is 2. The van der Waals surface area contributed by atoms with Crippen LogP contribution >= 0.6 is 0 Å². The van der Waals surface area contributed by atoms with Gasteiger partial charge >= 0.3 is 11.9 Å². The molecule has 0 spiro atoms. The van der Waals surface area contributed by atoms with Crippen molar-refractivity contribution in [3.63, 3.8) is 0 Å². The number of fused-ring (bicyclic) bond motifs is 5. The van der Waals surface area contributed by atoms with Gasteiger partial charge in [0.2, 0.25) is 0 Å². The van der Waals surface area contributed by atoms with Crippen LogP contribution in [0, 0.1) is 22.7 Å². The zero-order valence-electron chi connectivity index (χ0n) is 19.9. The van der Waals surface area contributed by atoms with E-state index in [1.165, 1.54) is 13.8 Å². The molecule has 0 aromatic heterocycles. The van der Waals surface area contributed by atoms with Gasteiger partial charge in [0.05, 0.1) is 6.10 Å². The van der Waals surface area contributed by atoms with Crippen molar-refractivity contribution >= 4 is 17.7 Å². The molecule has 0 heterocycles. The molecule has 0 radical (unpaired) electrons. The van der Waals surface area contributed by atoms with Gasteiger partial charge in [0.15, 0.2) is 11.9 Å². The molecular formula is C25H35FO7. The van der Waals surface area contributed by atoms with E-state index in [4.69, 9.17) is 9.47 Å². The first-order valence-corrected chi connectivity index (χ1v) is 11.9. The summed E-state index contributed by atoms with van der Waals surface area (Å²) in [7, 11) is 0. The van der Waals surface area contributed by atoms with Gasteiger partial charge in [0.1, 0.15) is 17.9 Å². The Kier molecular flexibility index (Phi) is 5.80. The zero-order chi connectivity index (χ0) is 24.4. The number of ketones is 1. The molecule has 2 N–H and O–H groups in total. The van der Waals surface area contributed by atoms with Crippen LogP contribution in [0.2, 0.25) is 0 Å². The van der Waals surface area contributed by atoms with Crippen LogP contribution in [0.15, 0.2) is 11.6 Å². The Morgan fingerprint density at radius 2 is 1.85 bits per heavy atom. The number of allylic oxidation sites excluding steroid dienone is 1. The molecule has 0 saturated heterocycles. The number of carbonyl (C=O) groups excluding carboxylic acids is 3. The van der Waals surface area contributed by atoms with E-state index in [1.54, 1.807) is 6.08 Å². The first-order chi connectivity index (χ1) is 15.3. The highest BCUT2D eigenvalue weighted by Gasteiger charge is 2.74. The molecule has 1 unspecified atom stereocenters. The van der Waals surface area contributed by atoms with Crippen molar-refractivity contribution in [1.82, 2.24) is 0 Å². The van der Waals surface area contributed by atoms with E-state index in [2.05, 4.69) is 0 Å². The number of rotatable bonds is 4. The predicted molar refractivity (Wildman–Crippen MR) is 116 cm³/mol. The van der Waals surface area contributed by atoms with Crippen molar-refractivity contribution in [1.29, 1.82) is 0 Å². The standard InChI is InChI=1S/C25H35FO7/c1-14(27)32-13-21(33-15(2)28)24(31)10-8-18-19-6-5-16-11-17(29)7-9-22(16,3)25(19,26)20(30)12-23(18,24)4/h11,18-21,30-31H,5-10,12-13H2,1-4H3/t18-,19-,20-,21?,22-,23-,24-,25-/m0/s1. The molecule has 8 atom stereocenters. The molecule has 0 amide bonds. The number of halogens is 1. The van der Waals surface area contributed by atoms with Crippen molar-refractivity contribution < 1.29 is 38.5 Å². The van der Waals surface area contributed by atoms with Crippen LogP contribution in [0.3, 0.4) is 0 Å². The largest absolute Gasteiger partial charge is 0.462 e. The molecular weight excluding hydrogens is 431 g/mol. The van der Waals surface area contributed by atoms with Crippen molar-refractivity contribution in [2.45, 2.75) is 96.1 Å².